The number of carbonyl (C=O) groups is 1. The van der Waals surface area contributed by atoms with E-state index in [0.717, 1.165) is 18.9 Å². The molecule has 0 spiro atoms. The Kier molecular flexibility index (Phi) is 10.7. The summed E-state index contributed by atoms with van der Waals surface area (Å²) in [6.07, 6.45) is 14.2. The Morgan fingerprint density at radius 3 is 2.07 bits per heavy atom. The molecule has 0 unspecified atom stereocenters. The van der Waals surface area contributed by atoms with E-state index in [4.69, 9.17) is 10.00 Å². The predicted octanol–water partition coefficient (Wildman–Crippen LogP) is 7.38. The summed E-state index contributed by atoms with van der Waals surface area (Å²) in [6, 6.07) is 12.9. The van der Waals surface area contributed by atoms with Crippen molar-refractivity contribution in [2.24, 2.45) is 0 Å². The van der Waals surface area contributed by atoms with Gasteiger partial charge in [0.2, 0.25) is 0 Å². The average Bonchev–Trinajstić information content (AvgIpc) is 2.75. The van der Waals surface area contributed by atoms with Gasteiger partial charge in [-0.05, 0) is 42.7 Å². The van der Waals surface area contributed by atoms with Crippen molar-refractivity contribution in [1.82, 2.24) is 0 Å². The van der Waals surface area contributed by atoms with E-state index in [1.807, 2.05) is 12.1 Å². The molecule has 160 valence electrons. The normalized spacial score (nSPS) is 10.6. The van der Waals surface area contributed by atoms with Crippen molar-refractivity contribution in [2.45, 2.75) is 77.6 Å². The molecule has 2 aromatic carbocycles. The van der Waals surface area contributed by atoms with Crippen LogP contribution in [0.4, 0.5) is 4.39 Å². The monoisotopic (exact) mass is 409 g/mol. The van der Waals surface area contributed by atoms with Gasteiger partial charge in [-0.2, -0.15) is 5.26 Å². The topological polar surface area (TPSA) is 50.1 Å². The zero-order valence-corrected chi connectivity index (χ0v) is 18.0. The Labute approximate surface area is 179 Å². The number of halogens is 1. The van der Waals surface area contributed by atoms with E-state index in [2.05, 4.69) is 6.92 Å². The first kappa shape index (κ1) is 23.6. The van der Waals surface area contributed by atoms with Crippen LogP contribution in [0.25, 0.3) is 0 Å². The molecule has 0 bridgehead atoms. The lowest BCUT2D eigenvalue weighted by Crippen LogP contribution is -2.08. The molecular formula is C26H32FNO2. The number of rotatable bonds is 13. The number of unbranched alkanes of at least 4 members (excludes halogenated alkanes) is 9. The summed E-state index contributed by atoms with van der Waals surface area (Å²) in [4.78, 5) is 12.2. The first-order valence-electron chi connectivity index (χ1n) is 11.1. The molecule has 2 rings (SSSR count). The second-order valence-electron chi connectivity index (χ2n) is 7.77. The Morgan fingerprint density at radius 1 is 0.900 bits per heavy atom. The van der Waals surface area contributed by atoms with Crippen LogP contribution in [0, 0.1) is 17.1 Å². The van der Waals surface area contributed by atoms with Crippen LogP contribution in [0.1, 0.15) is 92.6 Å². The third kappa shape index (κ3) is 8.37. The number of ether oxygens (including phenoxy) is 1. The Morgan fingerprint density at radius 2 is 1.50 bits per heavy atom. The number of nitrogens with zero attached hydrogens (tertiary/aromatic N) is 1. The first-order valence-corrected chi connectivity index (χ1v) is 11.1. The van der Waals surface area contributed by atoms with Crippen molar-refractivity contribution < 1.29 is 13.9 Å². The van der Waals surface area contributed by atoms with Crippen molar-refractivity contribution in [3.8, 4) is 11.8 Å². The SMILES string of the molecule is CCCCCCCCCCCCc1ccc(C(=O)Oc2ccc(C#N)c(F)c2)cc1. The van der Waals surface area contributed by atoms with Gasteiger partial charge in [-0.25, -0.2) is 9.18 Å². The van der Waals surface area contributed by atoms with E-state index in [-0.39, 0.29) is 11.3 Å². The van der Waals surface area contributed by atoms with Crippen molar-refractivity contribution in [3.63, 3.8) is 0 Å². The lowest BCUT2D eigenvalue weighted by molar-refractivity contribution is 0.0734. The Bertz CT molecular complexity index is 824. The Hall–Kier alpha value is -2.67. The van der Waals surface area contributed by atoms with Crippen molar-refractivity contribution in [1.29, 1.82) is 5.26 Å². The molecule has 0 aliphatic rings. The van der Waals surface area contributed by atoms with Crippen LogP contribution in [0.5, 0.6) is 5.75 Å². The molecule has 2 aromatic rings. The molecule has 0 aromatic heterocycles. The maximum absolute atomic E-state index is 13.6. The summed E-state index contributed by atoms with van der Waals surface area (Å²) in [5, 5.41) is 8.75. The fourth-order valence-corrected chi connectivity index (χ4v) is 3.44. The second kappa shape index (κ2) is 13.5. The van der Waals surface area contributed by atoms with Gasteiger partial charge in [-0.1, -0.05) is 76.8 Å². The highest BCUT2D eigenvalue weighted by Gasteiger charge is 2.11. The fraction of sp³-hybridized carbons (Fsp3) is 0.462. The summed E-state index contributed by atoms with van der Waals surface area (Å²) in [7, 11) is 0. The van der Waals surface area contributed by atoms with Gasteiger partial charge >= 0.3 is 5.97 Å². The van der Waals surface area contributed by atoms with Crippen LogP contribution in [0.3, 0.4) is 0 Å². The van der Waals surface area contributed by atoms with E-state index >= 15 is 0 Å². The minimum absolute atomic E-state index is 0.0777. The highest BCUT2D eigenvalue weighted by atomic mass is 19.1. The van der Waals surface area contributed by atoms with Crippen molar-refractivity contribution in [2.75, 3.05) is 0 Å². The molecule has 0 heterocycles. The van der Waals surface area contributed by atoms with Crippen LogP contribution >= 0.6 is 0 Å². The minimum atomic E-state index is -0.699. The number of hydrogen-bond donors (Lipinski definition) is 0. The summed E-state index contributed by atoms with van der Waals surface area (Å²) < 4.78 is 18.8. The van der Waals surface area contributed by atoms with Gasteiger partial charge in [0.05, 0.1) is 11.1 Å². The van der Waals surface area contributed by atoms with Gasteiger partial charge in [0.15, 0.2) is 0 Å². The fourth-order valence-electron chi connectivity index (χ4n) is 3.44. The molecular weight excluding hydrogens is 377 g/mol. The molecule has 30 heavy (non-hydrogen) atoms. The van der Waals surface area contributed by atoms with E-state index in [0.29, 0.717) is 5.56 Å². The zero-order chi connectivity index (χ0) is 21.6. The quantitative estimate of drug-likeness (QED) is 0.197. The first-order chi connectivity index (χ1) is 14.6. The molecule has 0 saturated carbocycles. The van der Waals surface area contributed by atoms with E-state index in [9.17, 15) is 9.18 Å². The van der Waals surface area contributed by atoms with Gasteiger partial charge in [-0.15, -0.1) is 0 Å². The number of benzene rings is 2. The van der Waals surface area contributed by atoms with Gasteiger partial charge in [0, 0.05) is 6.07 Å². The number of carbonyl (C=O) groups excluding carboxylic acids is 1. The summed E-state index contributed by atoms with van der Waals surface area (Å²) in [5.74, 6) is -1.15. The molecule has 0 amide bonds. The van der Waals surface area contributed by atoms with Crippen LogP contribution in [-0.4, -0.2) is 5.97 Å². The molecule has 0 fully saturated rings. The molecule has 0 radical (unpaired) electrons. The highest BCUT2D eigenvalue weighted by Crippen LogP contribution is 2.18. The largest absolute Gasteiger partial charge is 0.423 e. The second-order valence-corrected chi connectivity index (χ2v) is 7.77. The van der Waals surface area contributed by atoms with Crippen LogP contribution in [-0.2, 0) is 6.42 Å². The summed E-state index contributed by atoms with van der Waals surface area (Å²) in [6.45, 7) is 2.25. The maximum Gasteiger partial charge on any atom is 0.343 e. The van der Waals surface area contributed by atoms with Crippen molar-refractivity contribution in [3.05, 3.63) is 65.0 Å². The standard InChI is InChI=1S/C26H32FNO2/c1-2-3-4-5-6-7-8-9-10-11-12-21-13-15-22(16-14-21)26(29)30-24-18-17-23(20-28)25(27)19-24/h13-19H,2-12H2,1H3. The average molecular weight is 410 g/mol. The number of esters is 1. The highest BCUT2D eigenvalue weighted by molar-refractivity contribution is 5.91. The van der Waals surface area contributed by atoms with E-state index in [1.165, 1.54) is 75.5 Å². The van der Waals surface area contributed by atoms with E-state index < -0.39 is 11.8 Å². The molecule has 0 N–H and O–H groups in total. The molecule has 0 aliphatic heterocycles. The van der Waals surface area contributed by atoms with Gasteiger partial charge < -0.3 is 4.74 Å². The summed E-state index contributed by atoms with van der Waals surface area (Å²) in [5.41, 5.74) is 1.55. The van der Waals surface area contributed by atoms with Gasteiger partial charge in [0.25, 0.3) is 0 Å². The molecule has 0 atom stereocenters. The predicted molar refractivity (Wildman–Crippen MR) is 118 cm³/mol. The molecule has 3 nitrogen and oxygen atoms in total. The van der Waals surface area contributed by atoms with E-state index in [1.54, 1.807) is 18.2 Å². The lowest BCUT2D eigenvalue weighted by Gasteiger charge is -2.06. The number of aryl methyl sites for hydroxylation is 1. The van der Waals surface area contributed by atoms with Crippen LogP contribution in [0.15, 0.2) is 42.5 Å². The molecule has 0 saturated heterocycles. The third-order valence-corrected chi connectivity index (χ3v) is 5.28. The molecule has 4 heteroatoms. The Balaban J connectivity index is 1.66. The van der Waals surface area contributed by atoms with Gasteiger partial charge in [0.1, 0.15) is 17.6 Å². The third-order valence-electron chi connectivity index (χ3n) is 5.28. The smallest absolute Gasteiger partial charge is 0.343 e. The minimum Gasteiger partial charge on any atom is -0.423 e. The zero-order valence-electron chi connectivity index (χ0n) is 18.0. The number of hydrogen-bond acceptors (Lipinski definition) is 3. The van der Waals surface area contributed by atoms with Crippen LogP contribution in [0.2, 0.25) is 0 Å². The maximum atomic E-state index is 13.6. The number of nitriles is 1. The lowest BCUT2D eigenvalue weighted by atomic mass is 10.0. The van der Waals surface area contributed by atoms with Crippen molar-refractivity contribution >= 4 is 5.97 Å². The summed E-state index contributed by atoms with van der Waals surface area (Å²) >= 11 is 0. The van der Waals surface area contributed by atoms with Gasteiger partial charge in [-0.3, -0.25) is 0 Å². The molecule has 0 aliphatic carbocycles. The van der Waals surface area contributed by atoms with Crippen LogP contribution < -0.4 is 4.74 Å².